The summed E-state index contributed by atoms with van der Waals surface area (Å²) in [5, 5.41) is 8.58. The number of ether oxygens (including phenoxy) is 2. The number of nitrogens with one attached hydrogen (secondary N) is 1. The minimum Gasteiger partial charge on any atom is -0.489 e. The highest BCUT2D eigenvalue weighted by molar-refractivity contribution is 7.99. The Morgan fingerprint density at radius 2 is 2.00 bits per heavy atom. The third-order valence-electron chi connectivity index (χ3n) is 5.10. The average molecular weight is 451 g/mol. The highest BCUT2D eigenvalue weighted by Gasteiger charge is 2.35. The Morgan fingerprint density at radius 3 is 2.75 bits per heavy atom. The van der Waals surface area contributed by atoms with Gasteiger partial charge >= 0.3 is 5.97 Å². The van der Waals surface area contributed by atoms with Gasteiger partial charge in [0.15, 0.2) is 0 Å². The summed E-state index contributed by atoms with van der Waals surface area (Å²) in [5.41, 5.74) is 3.15. The fourth-order valence-corrected chi connectivity index (χ4v) is 4.27. The first-order valence-electron chi connectivity index (χ1n) is 10.5. The van der Waals surface area contributed by atoms with E-state index in [0.29, 0.717) is 34.7 Å². The van der Waals surface area contributed by atoms with Gasteiger partial charge in [0, 0.05) is 11.4 Å². The van der Waals surface area contributed by atoms with E-state index in [1.807, 2.05) is 61.5 Å². The fourth-order valence-electron chi connectivity index (χ4n) is 3.58. The van der Waals surface area contributed by atoms with E-state index in [2.05, 4.69) is 17.2 Å². The molecule has 166 valence electrons. The van der Waals surface area contributed by atoms with Crippen LogP contribution >= 0.6 is 11.8 Å². The topological polar surface area (TPSA) is 78.3 Å². The molecule has 1 aliphatic rings. The minimum absolute atomic E-state index is 0.403. The molecule has 1 aromatic heterocycles. The Bertz CT molecular complexity index is 1130. The van der Waals surface area contributed by atoms with Crippen molar-refractivity contribution >= 4 is 23.7 Å². The number of hydrogen-bond acceptors (Lipinski definition) is 7. The first-order chi connectivity index (χ1) is 15.6. The first kappa shape index (κ1) is 22.0. The van der Waals surface area contributed by atoms with Gasteiger partial charge in [-0.05, 0) is 36.6 Å². The van der Waals surface area contributed by atoms with E-state index in [0.717, 1.165) is 23.3 Å². The zero-order valence-electron chi connectivity index (χ0n) is 18.4. The molecule has 1 N–H and O–H groups in total. The van der Waals surface area contributed by atoms with Gasteiger partial charge in [-0.25, -0.2) is 9.48 Å². The van der Waals surface area contributed by atoms with Crippen LogP contribution in [-0.4, -0.2) is 33.6 Å². The lowest BCUT2D eigenvalue weighted by Crippen LogP contribution is -2.29. The molecule has 2 heterocycles. The molecule has 2 aromatic carbocycles. The molecule has 0 fully saturated rings. The lowest BCUT2D eigenvalue weighted by Gasteiger charge is -2.28. The summed E-state index contributed by atoms with van der Waals surface area (Å²) in [6, 6.07) is 17.3. The number of methoxy groups -OCH3 is 1. The van der Waals surface area contributed by atoms with Crippen molar-refractivity contribution in [1.29, 1.82) is 0 Å². The van der Waals surface area contributed by atoms with Crippen LogP contribution in [0.5, 0.6) is 5.75 Å². The van der Waals surface area contributed by atoms with E-state index in [9.17, 15) is 4.79 Å². The number of thioether (sulfide) groups is 1. The van der Waals surface area contributed by atoms with Crippen molar-refractivity contribution < 1.29 is 14.3 Å². The number of rotatable bonds is 8. The molecule has 0 spiro atoms. The van der Waals surface area contributed by atoms with Gasteiger partial charge in [-0.3, -0.25) is 0 Å². The molecule has 7 nitrogen and oxygen atoms in total. The number of nitrogens with zero attached hydrogens (tertiary/aromatic N) is 3. The molecule has 0 radical (unpaired) electrons. The largest absolute Gasteiger partial charge is 0.489 e. The molecular formula is C24H26N4O3S. The molecule has 3 aromatic rings. The second-order valence-corrected chi connectivity index (χ2v) is 8.48. The van der Waals surface area contributed by atoms with Crippen LogP contribution in [0.25, 0.3) is 0 Å². The molecule has 1 atom stereocenters. The number of fused-ring (bicyclic) bond motifs is 1. The molecule has 1 unspecified atom stereocenters. The zero-order valence-corrected chi connectivity index (χ0v) is 19.2. The third kappa shape index (κ3) is 4.65. The van der Waals surface area contributed by atoms with Gasteiger partial charge in [0.05, 0.1) is 12.7 Å². The van der Waals surface area contributed by atoms with Gasteiger partial charge in [0.2, 0.25) is 11.1 Å². The van der Waals surface area contributed by atoms with Crippen LogP contribution in [0.1, 0.15) is 37.4 Å². The standard InChI is InChI=1S/C24H26N4O3S/c1-4-13-32-24-26-23-25-16(2)20(22(29)30-3)21(28(23)27-24)18-11-8-12-19(14-18)31-15-17-9-6-5-7-10-17/h5-12,14,21H,4,13,15H2,1-3H3,(H,25,26,27). The molecule has 0 saturated carbocycles. The normalized spacial score (nSPS) is 15.2. The third-order valence-corrected chi connectivity index (χ3v) is 6.14. The molecule has 32 heavy (non-hydrogen) atoms. The van der Waals surface area contributed by atoms with Crippen molar-refractivity contribution in [1.82, 2.24) is 14.8 Å². The number of aromatic nitrogens is 3. The summed E-state index contributed by atoms with van der Waals surface area (Å²) in [6.07, 6.45) is 1.02. The van der Waals surface area contributed by atoms with Crippen LogP contribution in [0.4, 0.5) is 5.95 Å². The van der Waals surface area contributed by atoms with Crippen LogP contribution in [0, 0.1) is 0 Å². The minimum atomic E-state index is -0.470. The Kier molecular flexibility index (Phi) is 6.80. The maximum Gasteiger partial charge on any atom is 0.338 e. The lowest BCUT2D eigenvalue weighted by atomic mass is 9.95. The highest BCUT2D eigenvalue weighted by atomic mass is 32.2. The maximum absolute atomic E-state index is 12.7. The predicted molar refractivity (Wildman–Crippen MR) is 125 cm³/mol. The fraction of sp³-hybridized carbons (Fsp3) is 0.292. The number of anilines is 1. The Hall–Kier alpha value is -3.26. The number of esters is 1. The zero-order chi connectivity index (χ0) is 22.5. The predicted octanol–water partition coefficient (Wildman–Crippen LogP) is 4.82. The van der Waals surface area contributed by atoms with Crippen molar-refractivity contribution in [2.24, 2.45) is 0 Å². The van der Waals surface area contributed by atoms with Crippen LogP contribution in [-0.2, 0) is 16.1 Å². The molecular weight excluding hydrogens is 424 g/mol. The van der Waals surface area contributed by atoms with Gasteiger partial charge in [-0.15, -0.1) is 5.10 Å². The summed E-state index contributed by atoms with van der Waals surface area (Å²) in [6.45, 7) is 4.43. The van der Waals surface area contributed by atoms with Gasteiger partial charge in [-0.2, -0.15) is 4.98 Å². The van der Waals surface area contributed by atoms with Crippen molar-refractivity contribution in [2.45, 2.75) is 38.1 Å². The second kappa shape index (κ2) is 9.91. The number of carbonyl (C=O) groups is 1. The summed E-state index contributed by atoms with van der Waals surface area (Å²) >= 11 is 1.59. The summed E-state index contributed by atoms with van der Waals surface area (Å²) in [4.78, 5) is 17.3. The van der Waals surface area contributed by atoms with E-state index in [1.165, 1.54) is 7.11 Å². The van der Waals surface area contributed by atoms with Crippen molar-refractivity contribution in [3.05, 3.63) is 77.0 Å². The Morgan fingerprint density at radius 1 is 1.19 bits per heavy atom. The lowest BCUT2D eigenvalue weighted by molar-refractivity contribution is -0.136. The Labute approximate surface area is 191 Å². The van der Waals surface area contributed by atoms with Crippen molar-refractivity contribution in [3.63, 3.8) is 0 Å². The van der Waals surface area contributed by atoms with Gasteiger partial charge in [0.1, 0.15) is 18.4 Å². The van der Waals surface area contributed by atoms with E-state index < -0.39 is 12.0 Å². The summed E-state index contributed by atoms with van der Waals surface area (Å²) in [5.74, 6) is 1.84. The molecule has 4 rings (SSSR count). The van der Waals surface area contributed by atoms with Crippen LogP contribution in [0.3, 0.4) is 0 Å². The number of carbonyl (C=O) groups excluding carboxylic acids is 1. The van der Waals surface area contributed by atoms with Crippen LogP contribution in [0.15, 0.2) is 71.0 Å². The molecule has 0 saturated heterocycles. The first-order valence-corrected chi connectivity index (χ1v) is 11.5. The number of hydrogen-bond donors (Lipinski definition) is 1. The SMILES string of the molecule is CCCSc1nc2n(n1)C(c1cccc(OCc3ccccc3)c1)C(C(=O)OC)=C(C)N2. The van der Waals surface area contributed by atoms with Gasteiger partial charge in [-0.1, -0.05) is 61.2 Å². The molecule has 0 bridgehead atoms. The average Bonchev–Trinajstić information content (AvgIpc) is 3.23. The molecule has 0 aliphatic carbocycles. The quantitative estimate of drug-likeness (QED) is 0.389. The highest BCUT2D eigenvalue weighted by Crippen LogP contribution is 2.37. The van der Waals surface area contributed by atoms with Crippen LogP contribution in [0.2, 0.25) is 0 Å². The Balaban J connectivity index is 1.69. The monoisotopic (exact) mass is 450 g/mol. The van der Waals surface area contributed by atoms with Gasteiger partial charge < -0.3 is 14.8 Å². The second-order valence-electron chi connectivity index (χ2n) is 7.42. The number of allylic oxidation sites excluding steroid dienone is 1. The van der Waals surface area contributed by atoms with E-state index in [-0.39, 0.29) is 0 Å². The van der Waals surface area contributed by atoms with Crippen LogP contribution < -0.4 is 10.1 Å². The summed E-state index contributed by atoms with van der Waals surface area (Å²) in [7, 11) is 1.39. The smallest absolute Gasteiger partial charge is 0.338 e. The van der Waals surface area contributed by atoms with E-state index in [4.69, 9.17) is 14.6 Å². The van der Waals surface area contributed by atoms with Gasteiger partial charge in [0.25, 0.3) is 0 Å². The number of benzene rings is 2. The molecule has 0 amide bonds. The molecule has 8 heteroatoms. The molecule has 1 aliphatic heterocycles. The van der Waals surface area contributed by atoms with E-state index >= 15 is 0 Å². The van der Waals surface area contributed by atoms with Crippen molar-refractivity contribution in [2.75, 3.05) is 18.2 Å². The summed E-state index contributed by atoms with van der Waals surface area (Å²) < 4.78 is 12.9. The maximum atomic E-state index is 12.7. The van der Waals surface area contributed by atoms with Crippen molar-refractivity contribution in [3.8, 4) is 5.75 Å². The van der Waals surface area contributed by atoms with E-state index in [1.54, 1.807) is 16.4 Å².